The van der Waals surface area contributed by atoms with Gasteiger partial charge in [-0.25, -0.2) is 18.7 Å². The highest BCUT2D eigenvalue weighted by molar-refractivity contribution is 6.04. The van der Waals surface area contributed by atoms with E-state index in [1.54, 1.807) is 12.3 Å². The van der Waals surface area contributed by atoms with Crippen molar-refractivity contribution in [1.29, 1.82) is 0 Å². The molecule has 1 unspecified atom stereocenters. The zero-order chi connectivity index (χ0) is 22.2. The van der Waals surface area contributed by atoms with Crippen LogP contribution in [0.1, 0.15) is 28.9 Å². The van der Waals surface area contributed by atoms with Gasteiger partial charge in [-0.3, -0.25) is 4.79 Å². The highest BCUT2D eigenvalue weighted by Gasteiger charge is 2.27. The topological polar surface area (TPSA) is 96.2 Å². The fourth-order valence-corrected chi connectivity index (χ4v) is 4.23. The summed E-state index contributed by atoms with van der Waals surface area (Å²) >= 11 is 0. The molecule has 0 radical (unpaired) electrons. The lowest BCUT2D eigenvalue weighted by atomic mass is 10.1. The van der Waals surface area contributed by atoms with Crippen LogP contribution in [0.4, 0.5) is 26.0 Å². The van der Waals surface area contributed by atoms with Crippen LogP contribution in [0.15, 0.2) is 42.6 Å². The van der Waals surface area contributed by atoms with Crippen molar-refractivity contribution in [2.24, 2.45) is 5.73 Å². The zero-order valence-corrected chi connectivity index (χ0v) is 17.2. The van der Waals surface area contributed by atoms with Gasteiger partial charge in [0.1, 0.15) is 17.5 Å². The van der Waals surface area contributed by atoms with Gasteiger partial charge in [0.2, 0.25) is 0 Å². The minimum atomic E-state index is -0.720. The lowest BCUT2D eigenvalue weighted by Crippen LogP contribution is -2.42. The van der Waals surface area contributed by atoms with Gasteiger partial charge < -0.3 is 21.3 Å². The van der Waals surface area contributed by atoms with E-state index in [2.05, 4.69) is 25.5 Å². The molecule has 9 heteroatoms. The fraction of sp³-hybridized carbons (Fsp3) is 0.261. The Bertz CT molecular complexity index is 1160. The molecule has 0 saturated carbocycles. The van der Waals surface area contributed by atoms with Gasteiger partial charge >= 0.3 is 0 Å². The first-order valence-corrected chi connectivity index (χ1v) is 10.5. The maximum atomic E-state index is 14.4. The summed E-state index contributed by atoms with van der Waals surface area (Å²) in [4.78, 5) is 23.4. The smallest absolute Gasteiger partial charge is 0.255 e. The average Bonchev–Trinajstić information content (AvgIpc) is 3.15. The molecule has 2 aromatic heterocycles. The van der Waals surface area contributed by atoms with E-state index in [-0.39, 0.29) is 29.8 Å². The molecule has 2 aliphatic heterocycles. The van der Waals surface area contributed by atoms with Crippen LogP contribution in [0.3, 0.4) is 0 Å². The minimum absolute atomic E-state index is 0.109. The van der Waals surface area contributed by atoms with Gasteiger partial charge in [0.05, 0.1) is 46.6 Å². The van der Waals surface area contributed by atoms with E-state index in [0.717, 1.165) is 31.6 Å². The predicted molar refractivity (Wildman–Crippen MR) is 118 cm³/mol. The van der Waals surface area contributed by atoms with Gasteiger partial charge in [-0.15, -0.1) is 0 Å². The van der Waals surface area contributed by atoms with Crippen LogP contribution in [0.25, 0.3) is 11.3 Å². The monoisotopic (exact) mass is 436 g/mol. The number of carbonyl (C=O) groups excluding carboxylic acids is 1. The van der Waals surface area contributed by atoms with Crippen LogP contribution >= 0.6 is 0 Å². The average molecular weight is 436 g/mol. The minimum Gasteiger partial charge on any atom is -0.369 e. The number of anilines is 3. The van der Waals surface area contributed by atoms with Crippen LogP contribution in [0.2, 0.25) is 0 Å². The highest BCUT2D eigenvalue weighted by Crippen LogP contribution is 2.33. The van der Waals surface area contributed by atoms with Gasteiger partial charge in [-0.2, -0.15) is 0 Å². The Balaban J connectivity index is 1.48. The van der Waals surface area contributed by atoms with Gasteiger partial charge in [0.15, 0.2) is 0 Å². The summed E-state index contributed by atoms with van der Waals surface area (Å²) in [5.74, 6) is -1.23. The summed E-state index contributed by atoms with van der Waals surface area (Å²) in [7, 11) is 0. The quantitative estimate of drug-likeness (QED) is 0.581. The maximum Gasteiger partial charge on any atom is 0.255 e. The Morgan fingerprint density at radius 3 is 2.69 bits per heavy atom. The second kappa shape index (κ2) is 8.16. The third-order valence-electron chi connectivity index (χ3n) is 5.79. The molecule has 1 amide bonds. The molecule has 5 rings (SSSR count). The second-order valence-electron chi connectivity index (χ2n) is 8.03. The Hall–Kier alpha value is -3.59. The molecule has 32 heavy (non-hydrogen) atoms. The number of nitrogens with two attached hydrogens (primary N) is 1. The van der Waals surface area contributed by atoms with Gasteiger partial charge in [-0.05, 0) is 43.2 Å². The van der Waals surface area contributed by atoms with Crippen LogP contribution < -0.4 is 21.3 Å². The molecule has 3 aromatic rings. The first-order valence-electron chi connectivity index (χ1n) is 10.5. The van der Waals surface area contributed by atoms with Crippen molar-refractivity contribution in [2.45, 2.75) is 25.4 Å². The highest BCUT2D eigenvalue weighted by atomic mass is 19.1. The van der Waals surface area contributed by atoms with Gasteiger partial charge in [0, 0.05) is 19.1 Å². The van der Waals surface area contributed by atoms with Crippen molar-refractivity contribution in [3.05, 3.63) is 65.5 Å². The van der Waals surface area contributed by atoms with E-state index in [1.165, 1.54) is 24.3 Å². The third kappa shape index (κ3) is 3.75. The number of benzene rings is 1. The number of hydrogen-bond donors (Lipinski definition) is 3. The first-order chi connectivity index (χ1) is 15.5. The maximum absolute atomic E-state index is 14.4. The van der Waals surface area contributed by atoms with Crippen LogP contribution in [-0.2, 0) is 6.54 Å². The van der Waals surface area contributed by atoms with Crippen molar-refractivity contribution >= 4 is 23.1 Å². The molecule has 2 aliphatic rings. The van der Waals surface area contributed by atoms with Crippen LogP contribution in [0.5, 0.6) is 0 Å². The lowest BCUT2D eigenvalue weighted by molar-refractivity contribution is 0.0966. The molecule has 0 spiro atoms. The molecule has 1 saturated heterocycles. The molecule has 1 fully saturated rings. The van der Waals surface area contributed by atoms with Gasteiger partial charge in [-0.1, -0.05) is 6.07 Å². The zero-order valence-electron chi connectivity index (χ0n) is 17.2. The predicted octanol–water partition coefficient (Wildman–Crippen LogP) is 3.34. The summed E-state index contributed by atoms with van der Waals surface area (Å²) in [5, 5.41) is 5.83. The number of piperidine rings is 1. The number of fused-ring (bicyclic) bond motifs is 1. The van der Waals surface area contributed by atoms with E-state index in [9.17, 15) is 13.6 Å². The summed E-state index contributed by atoms with van der Waals surface area (Å²) in [6.45, 7) is 1.90. The summed E-state index contributed by atoms with van der Waals surface area (Å²) in [5.41, 5.74) is 8.08. The Morgan fingerprint density at radius 1 is 1.16 bits per heavy atom. The van der Waals surface area contributed by atoms with Gasteiger partial charge in [0.25, 0.3) is 5.91 Å². The molecule has 1 aromatic carbocycles. The molecule has 4 heterocycles. The summed E-state index contributed by atoms with van der Waals surface area (Å²) < 4.78 is 28.7. The number of aromatic nitrogens is 2. The second-order valence-corrected chi connectivity index (χ2v) is 8.03. The summed E-state index contributed by atoms with van der Waals surface area (Å²) in [6, 6.07) is 9.02. The lowest BCUT2D eigenvalue weighted by Gasteiger charge is -2.32. The molecule has 0 bridgehead atoms. The van der Waals surface area contributed by atoms with E-state index in [0.29, 0.717) is 22.8 Å². The Labute approximate surface area is 183 Å². The third-order valence-corrected chi connectivity index (χ3v) is 5.79. The molecule has 4 N–H and O–H groups in total. The van der Waals surface area contributed by atoms with Crippen molar-refractivity contribution in [3.8, 4) is 11.3 Å². The number of carbonyl (C=O) groups is 1. The van der Waals surface area contributed by atoms with Crippen molar-refractivity contribution in [3.63, 3.8) is 0 Å². The SMILES string of the molecule is NC1CCCN(c2ccc(Nc3cc(-c4c(F)cccc4F)nc4c3C(=O)NC4)nc2)C1. The molecule has 164 valence electrons. The molecular weight excluding hydrogens is 414 g/mol. The van der Waals surface area contributed by atoms with E-state index < -0.39 is 11.6 Å². The Morgan fingerprint density at radius 2 is 1.97 bits per heavy atom. The van der Waals surface area contributed by atoms with E-state index in [4.69, 9.17) is 5.73 Å². The number of hydrogen-bond acceptors (Lipinski definition) is 6. The van der Waals surface area contributed by atoms with Crippen molar-refractivity contribution in [2.75, 3.05) is 23.3 Å². The van der Waals surface area contributed by atoms with E-state index in [1.807, 2.05) is 6.07 Å². The molecular formula is C23H22F2N6O. The number of pyridine rings is 2. The standard InChI is InChI=1S/C23H22F2N6O/c24-15-4-1-5-16(25)21(15)17-9-18(22-19(29-17)11-28-23(22)32)30-20-7-6-14(10-27-20)31-8-2-3-13(26)12-31/h1,4-7,9-10,13H,2-3,8,11-12,26H2,(H,28,32)(H,27,29,30). The Kier molecular flexibility index (Phi) is 5.18. The number of halogens is 2. The molecule has 7 nitrogen and oxygen atoms in total. The fourth-order valence-electron chi connectivity index (χ4n) is 4.23. The number of nitrogens with zero attached hydrogens (tertiary/aromatic N) is 3. The number of nitrogens with one attached hydrogen (secondary N) is 2. The first kappa shape index (κ1) is 20.3. The number of rotatable bonds is 4. The normalized spacial score (nSPS) is 17.8. The van der Waals surface area contributed by atoms with Crippen molar-refractivity contribution in [1.82, 2.24) is 15.3 Å². The van der Waals surface area contributed by atoms with E-state index >= 15 is 0 Å². The number of amides is 1. The summed E-state index contributed by atoms with van der Waals surface area (Å²) in [6.07, 6.45) is 3.80. The molecule has 1 atom stereocenters. The largest absolute Gasteiger partial charge is 0.369 e. The molecule has 0 aliphatic carbocycles. The van der Waals surface area contributed by atoms with Crippen LogP contribution in [0, 0.1) is 11.6 Å². The van der Waals surface area contributed by atoms with Crippen molar-refractivity contribution < 1.29 is 13.6 Å². The van der Waals surface area contributed by atoms with Crippen LogP contribution in [-0.4, -0.2) is 35.0 Å².